The Hall–Kier alpha value is -0.0900. The highest BCUT2D eigenvalue weighted by molar-refractivity contribution is 7.92. The van der Waals surface area contributed by atoms with E-state index in [2.05, 4.69) is 5.32 Å². The van der Waals surface area contributed by atoms with Gasteiger partial charge in [-0.25, -0.2) is 8.42 Å². The Morgan fingerprint density at radius 3 is 2.27 bits per heavy atom. The van der Waals surface area contributed by atoms with Gasteiger partial charge < -0.3 is 5.32 Å². The van der Waals surface area contributed by atoms with Crippen LogP contribution in [0.2, 0.25) is 0 Å². The van der Waals surface area contributed by atoms with Crippen LogP contribution in [0, 0.1) is 5.92 Å². The minimum atomic E-state index is -2.95. The molecule has 0 spiro atoms. The molecule has 0 heterocycles. The van der Waals surface area contributed by atoms with Crippen molar-refractivity contribution in [2.45, 2.75) is 44.8 Å². The molecule has 1 rings (SSSR count). The molecule has 0 amide bonds. The Kier molecular flexibility index (Phi) is 4.18. The summed E-state index contributed by atoms with van der Waals surface area (Å²) in [6.07, 6.45) is 3.95. The van der Waals surface area contributed by atoms with Crippen LogP contribution in [0.15, 0.2) is 0 Å². The molecular weight excluding hydrogens is 210 g/mol. The summed E-state index contributed by atoms with van der Waals surface area (Å²) < 4.78 is 22.9. The summed E-state index contributed by atoms with van der Waals surface area (Å²) in [6.45, 7) is 6.85. The minimum Gasteiger partial charge on any atom is -0.315 e. The van der Waals surface area contributed by atoms with Crippen molar-refractivity contribution in [3.8, 4) is 0 Å². The average molecular weight is 233 g/mol. The highest BCUT2D eigenvalue weighted by atomic mass is 32.2. The van der Waals surface area contributed by atoms with Crippen LogP contribution in [0.4, 0.5) is 0 Å². The normalized spacial score (nSPS) is 18.9. The van der Waals surface area contributed by atoms with Gasteiger partial charge in [-0.1, -0.05) is 6.42 Å². The third-order valence-electron chi connectivity index (χ3n) is 3.14. The smallest absolute Gasteiger partial charge is 0.156 e. The SMILES string of the molecule is CC(C)(C)S(=O)(=O)CCNCC1CCC1. The molecular formula is C11H23NO2S. The first-order valence-electron chi connectivity index (χ1n) is 5.76. The molecule has 3 nitrogen and oxygen atoms in total. The maximum absolute atomic E-state index is 11.7. The lowest BCUT2D eigenvalue weighted by atomic mass is 9.85. The van der Waals surface area contributed by atoms with Gasteiger partial charge in [0.2, 0.25) is 0 Å². The van der Waals surface area contributed by atoms with Crippen LogP contribution in [0.3, 0.4) is 0 Å². The van der Waals surface area contributed by atoms with Crippen LogP contribution < -0.4 is 5.32 Å². The largest absolute Gasteiger partial charge is 0.315 e. The lowest BCUT2D eigenvalue weighted by molar-refractivity contribution is 0.304. The van der Waals surface area contributed by atoms with E-state index in [1.807, 2.05) is 0 Å². The molecule has 0 radical (unpaired) electrons. The molecule has 0 aromatic carbocycles. The zero-order valence-electron chi connectivity index (χ0n) is 10.0. The second-order valence-electron chi connectivity index (χ2n) is 5.43. The van der Waals surface area contributed by atoms with E-state index < -0.39 is 14.6 Å². The van der Waals surface area contributed by atoms with E-state index in [1.165, 1.54) is 19.3 Å². The Labute approximate surface area is 93.6 Å². The predicted molar refractivity (Wildman–Crippen MR) is 63.8 cm³/mol. The molecule has 0 bridgehead atoms. The fraction of sp³-hybridized carbons (Fsp3) is 1.00. The van der Waals surface area contributed by atoms with Crippen molar-refractivity contribution in [3.05, 3.63) is 0 Å². The molecule has 15 heavy (non-hydrogen) atoms. The first kappa shape index (κ1) is 13.0. The monoisotopic (exact) mass is 233 g/mol. The van der Waals surface area contributed by atoms with Crippen LogP contribution >= 0.6 is 0 Å². The van der Waals surface area contributed by atoms with Crippen molar-refractivity contribution in [1.29, 1.82) is 0 Å². The zero-order valence-corrected chi connectivity index (χ0v) is 10.9. The zero-order chi connectivity index (χ0) is 11.5. The summed E-state index contributed by atoms with van der Waals surface area (Å²) >= 11 is 0. The van der Waals surface area contributed by atoms with Crippen LogP contribution in [-0.2, 0) is 9.84 Å². The maximum atomic E-state index is 11.7. The summed E-state index contributed by atoms with van der Waals surface area (Å²) in [5.41, 5.74) is 0. The van der Waals surface area contributed by atoms with Gasteiger partial charge in [0.1, 0.15) is 0 Å². The third-order valence-corrected chi connectivity index (χ3v) is 5.75. The molecule has 1 aliphatic carbocycles. The first-order valence-corrected chi connectivity index (χ1v) is 7.41. The quantitative estimate of drug-likeness (QED) is 0.734. The van der Waals surface area contributed by atoms with Gasteiger partial charge >= 0.3 is 0 Å². The highest BCUT2D eigenvalue weighted by Crippen LogP contribution is 2.25. The van der Waals surface area contributed by atoms with Gasteiger partial charge in [-0.2, -0.15) is 0 Å². The first-order chi connectivity index (χ1) is 6.83. The maximum Gasteiger partial charge on any atom is 0.156 e. The number of rotatable bonds is 5. The molecule has 0 aliphatic heterocycles. The fourth-order valence-electron chi connectivity index (χ4n) is 1.52. The van der Waals surface area contributed by atoms with Crippen LogP contribution in [-0.4, -0.2) is 32.0 Å². The van der Waals surface area contributed by atoms with Gasteiger partial charge in [0, 0.05) is 6.54 Å². The molecule has 0 atom stereocenters. The Bertz CT molecular complexity index is 286. The third kappa shape index (κ3) is 3.76. The van der Waals surface area contributed by atoms with E-state index in [9.17, 15) is 8.42 Å². The predicted octanol–water partition coefficient (Wildman–Crippen LogP) is 1.59. The van der Waals surface area contributed by atoms with E-state index >= 15 is 0 Å². The second kappa shape index (κ2) is 4.83. The van der Waals surface area contributed by atoms with Crippen molar-refractivity contribution in [3.63, 3.8) is 0 Å². The van der Waals surface area contributed by atoms with Gasteiger partial charge in [0.05, 0.1) is 10.5 Å². The number of nitrogens with one attached hydrogen (secondary N) is 1. The molecule has 0 saturated heterocycles. The molecule has 1 aliphatic rings. The minimum absolute atomic E-state index is 0.253. The van der Waals surface area contributed by atoms with E-state index in [0.29, 0.717) is 6.54 Å². The van der Waals surface area contributed by atoms with Gasteiger partial charge in [0.25, 0.3) is 0 Å². The summed E-state index contributed by atoms with van der Waals surface area (Å²) in [7, 11) is -2.95. The molecule has 1 fully saturated rings. The summed E-state index contributed by atoms with van der Waals surface area (Å²) in [5, 5.41) is 3.24. The van der Waals surface area contributed by atoms with Crippen molar-refractivity contribution >= 4 is 9.84 Å². The lowest BCUT2D eigenvalue weighted by Crippen LogP contribution is -2.36. The molecule has 0 aromatic rings. The van der Waals surface area contributed by atoms with Crippen molar-refractivity contribution in [2.75, 3.05) is 18.8 Å². The van der Waals surface area contributed by atoms with Crippen molar-refractivity contribution < 1.29 is 8.42 Å². The summed E-state index contributed by atoms with van der Waals surface area (Å²) in [6, 6.07) is 0. The van der Waals surface area contributed by atoms with Crippen molar-refractivity contribution in [2.24, 2.45) is 5.92 Å². The standard InChI is InChI=1S/C11H23NO2S/c1-11(2,3)15(13,14)8-7-12-9-10-5-4-6-10/h10,12H,4-9H2,1-3H3. The molecule has 1 N–H and O–H groups in total. The number of sulfone groups is 1. The van der Waals surface area contributed by atoms with Gasteiger partial charge in [-0.05, 0) is 46.1 Å². The van der Waals surface area contributed by atoms with E-state index in [4.69, 9.17) is 0 Å². The van der Waals surface area contributed by atoms with Gasteiger partial charge in [-0.15, -0.1) is 0 Å². The molecule has 4 heteroatoms. The van der Waals surface area contributed by atoms with E-state index in [1.54, 1.807) is 20.8 Å². The van der Waals surface area contributed by atoms with Crippen LogP contribution in [0.25, 0.3) is 0 Å². The Morgan fingerprint density at radius 1 is 1.27 bits per heavy atom. The summed E-state index contributed by atoms with van der Waals surface area (Å²) in [4.78, 5) is 0. The lowest BCUT2D eigenvalue weighted by Gasteiger charge is -2.26. The molecule has 0 unspecified atom stereocenters. The Morgan fingerprint density at radius 2 is 1.87 bits per heavy atom. The van der Waals surface area contributed by atoms with Crippen LogP contribution in [0.1, 0.15) is 40.0 Å². The summed E-state index contributed by atoms with van der Waals surface area (Å²) in [5.74, 6) is 1.05. The second-order valence-corrected chi connectivity index (χ2v) is 8.29. The topological polar surface area (TPSA) is 46.2 Å². The number of hydrogen-bond acceptors (Lipinski definition) is 3. The molecule has 1 saturated carbocycles. The average Bonchev–Trinajstić information content (AvgIpc) is 1.98. The van der Waals surface area contributed by atoms with Gasteiger partial charge in [0.15, 0.2) is 9.84 Å². The van der Waals surface area contributed by atoms with Gasteiger partial charge in [-0.3, -0.25) is 0 Å². The fourth-order valence-corrected chi connectivity index (χ4v) is 2.54. The Balaban J connectivity index is 2.18. The van der Waals surface area contributed by atoms with E-state index in [0.717, 1.165) is 12.5 Å². The highest BCUT2D eigenvalue weighted by Gasteiger charge is 2.28. The molecule has 90 valence electrons. The molecule has 0 aromatic heterocycles. The van der Waals surface area contributed by atoms with Crippen LogP contribution in [0.5, 0.6) is 0 Å². The number of hydrogen-bond donors (Lipinski definition) is 1. The van der Waals surface area contributed by atoms with E-state index in [-0.39, 0.29) is 5.75 Å². The van der Waals surface area contributed by atoms with Crippen molar-refractivity contribution in [1.82, 2.24) is 5.32 Å².